The van der Waals surface area contributed by atoms with E-state index >= 15 is 0 Å². The topological polar surface area (TPSA) is 66.8 Å². The molecule has 0 spiro atoms. The average molecular weight is 436 g/mol. The number of ether oxygens (including phenoxy) is 1. The third-order valence-corrected chi connectivity index (χ3v) is 6.83. The average Bonchev–Trinajstić information content (AvgIpc) is 3.24. The molecule has 1 fully saturated rings. The molecule has 2 aliphatic rings. The molecule has 1 amide bonds. The molecule has 1 aliphatic heterocycles. The van der Waals surface area contributed by atoms with E-state index in [0.717, 1.165) is 25.7 Å². The minimum absolute atomic E-state index is 0.0102. The van der Waals surface area contributed by atoms with E-state index in [-0.39, 0.29) is 17.7 Å². The number of aliphatic hydroxyl groups is 1. The van der Waals surface area contributed by atoms with Gasteiger partial charge in [0, 0.05) is 24.1 Å². The molecule has 0 aromatic heterocycles. The lowest BCUT2D eigenvalue weighted by Crippen LogP contribution is -2.47. The molecule has 5 heteroatoms. The van der Waals surface area contributed by atoms with Gasteiger partial charge >= 0.3 is 0 Å². The fraction of sp³-hybridized carbons (Fsp3) is 0.481. The summed E-state index contributed by atoms with van der Waals surface area (Å²) in [5, 5.41) is 10.4. The van der Waals surface area contributed by atoms with Crippen LogP contribution in [0.2, 0.25) is 0 Å². The van der Waals surface area contributed by atoms with Crippen LogP contribution in [0.3, 0.4) is 0 Å². The quantitative estimate of drug-likeness (QED) is 0.635. The van der Waals surface area contributed by atoms with Crippen molar-refractivity contribution in [2.75, 3.05) is 19.8 Å². The van der Waals surface area contributed by atoms with E-state index in [1.807, 2.05) is 11.8 Å². The molecule has 2 aromatic rings. The Hall–Kier alpha value is -2.50. The van der Waals surface area contributed by atoms with E-state index in [0.29, 0.717) is 49.6 Å². The van der Waals surface area contributed by atoms with Gasteiger partial charge in [0.25, 0.3) is 5.91 Å². The third-order valence-electron chi connectivity index (χ3n) is 6.83. The molecule has 0 radical (unpaired) electrons. The zero-order valence-electron chi connectivity index (χ0n) is 18.8. The summed E-state index contributed by atoms with van der Waals surface area (Å²) in [6.07, 6.45) is 4.25. The molecule has 0 bridgehead atoms. The third kappa shape index (κ3) is 5.45. The molecular formula is C27H33NO4. The van der Waals surface area contributed by atoms with Crippen LogP contribution in [0.1, 0.15) is 64.4 Å². The fourth-order valence-corrected chi connectivity index (χ4v) is 4.86. The molecule has 5 nitrogen and oxygen atoms in total. The van der Waals surface area contributed by atoms with E-state index < -0.39 is 6.10 Å². The van der Waals surface area contributed by atoms with E-state index in [2.05, 4.69) is 24.3 Å². The Kier molecular flexibility index (Phi) is 7.38. The van der Waals surface area contributed by atoms with Crippen LogP contribution in [0.4, 0.5) is 0 Å². The van der Waals surface area contributed by atoms with Crippen LogP contribution in [0.25, 0.3) is 0 Å². The van der Waals surface area contributed by atoms with Gasteiger partial charge in [0.1, 0.15) is 0 Å². The first-order valence-corrected chi connectivity index (χ1v) is 11.8. The molecule has 4 rings (SSSR count). The van der Waals surface area contributed by atoms with Gasteiger partial charge in [0.2, 0.25) is 0 Å². The van der Waals surface area contributed by atoms with Gasteiger partial charge in [-0.15, -0.1) is 0 Å². The summed E-state index contributed by atoms with van der Waals surface area (Å²) in [5.41, 5.74) is 4.06. The molecular weight excluding hydrogens is 402 g/mol. The number of hydrogen-bond acceptors (Lipinski definition) is 4. The van der Waals surface area contributed by atoms with Gasteiger partial charge in [-0.2, -0.15) is 0 Å². The van der Waals surface area contributed by atoms with E-state index in [4.69, 9.17) is 4.74 Å². The van der Waals surface area contributed by atoms with Crippen molar-refractivity contribution in [2.24, 2.45) is 5.92 Å². The van der Waals surface area contributed by atoms with Crippen LogP contribution in [-0.4, -0.2) is 53.6 Å². The van der Waals surface area contributed by atoms with Crippen molar-refractivity contribution in [3.8, 4) is 0 Å². The molecule has 0 unspecified atom stereocenters. The van der Waals surface area contributed by atoms with Crippen LogP contribution in [0.5, 0.6) is 0 Å². The van der Waals surface area contributed by atoms with Gasteiger partial charge in [0.15, 0.2) is 5.78 Å². The van der Waals surface area contributed by atoms with Crippen LogP contribution in [-0.2, 0) is 17.6 Å². The predicted molar refractivity (Wildman–Crippen MR) is 124 cm³/mol. The maximum Gasteiger partial charge on any atom is 0.254 e. The van der Waals surface area contributed by atoms with E-state index in [9.17, 15) is 14.7 Å². The number of morpholine rings is 1. The Morgan fingerprint density at radius 2 is 1.69 bits per heavy atom. The summed E-state index contributed by atoms with van der Waals surface area (Å²) in [6, 6.07) is 15.5. The first-order chi connectivity index (χ1) is 15.5. The fourth-order valence-electron chi connectivity index (χ4n) is 4.86. The predicted octanol–water partition coefficient (Wildman–Crippen LogP) is 4.07. The number of amides is 1. The van der Waals surface area contributed by atoms with Crippen molar-refractivity contribution in [1.82, 2.24) is 4.90 Å². The number of ketones is 1. The van der Waals surface area contributed by atoms with E-state index in [1.165, 1.54) is 11.1 Å². The van der Waals surface area contributed by atoms with Crippen molar-refractivity contribution < 1.29 is 19.4 Å². The monoisotopic (exact) mass is 435 g/mol. The minimum atomic E-state index is -0.452. The Labute approximate surface area is 190 Å². The molecule has 2 aromatic carbocycles. The van der Waals surface area contributed by atoms with Crippen molar-refractivity contribution in [3.63, 3.8) is 0 Å². The van der Waals surface area contributed by atoms with Gasteiger partial charge in [-0.05, 0) is 68.2 Å². The van der Waals surface area contributed by atoms with Gasteiger partial charge < -0.3 is 14.7 Å². The summed E-state index contributed by atoms with van der Waals surface area (Å²) in [7, 11) is 0. The second-order valence-electron chi connectivity index (χ2n) is 9.24. The second-order valence-corrected chi connectivity index (χ2v) is 9.24. The highest BCUT2D eigenvalue weighted by atomic mass is 16.5. The highest BCUT2D eigenvalue weighted by Gasteiger charge is 2.25. The molecule has 1 heterocycles. The Balaban J connectivity index is 1.21. The first kappa shape index (κ1) is 22.7. The lowest BCUT2D eigenvalue weighted by molar-refractivity contribution is 0.00359. The lowest BCUT2D eigenvalue weighted by Gasteiger charge is -2.33. The maximum atomic E-state index is 12.7. The number of hydrogen-bond donors (Lipinski definition) is 1. The van der Waals surface area contributed by atoms with Gasteiger partial charge in [-0.25, -0.2) is 0 Å². The summed E-state index contributed by atoms with van der Waals surface area (Å²) in [5.74, 6) is 0.581. The van der Waals surface area contributed by atoms with Crippen LogP contribution in [0.15, 0.2) is 48.5 Å². The van der Waals surface area contributed by atoms with Gasteiger partial charge in [-0.3, -0.25) is 9.59 Å². The molecule has 0 saturated carbocycles. The smallest absolute Gasteiger partial charge is 0.254 e. The minimum Gasteiger partial charge on any atom is -0.393 e. The van der Waals surface area contributed by atoms with Crippen LogP contribution >= 0.6 is 0 Å². The zero-order valence-corrected chi connectivity index (χ0v) is 18.8. The number of rotatable bonds is 8. The van der Waals surface area contributed by atoms with Crippen LogP contribution in [0, 0.1) is 5.92 Å². The van der Waals surface area contributed by atoms with Crippen molar-refractivity contribution in [1.29, 1.82) is 0 Å². The highest BCUT2D eigenvalue weighted by Crippen LogP contribution is 2.30. The largest absolute Gasteiger partial charge is 0.393 e. The first-order valence-electron chi connectivity index (χ1n) is 11.8. The molecule has 32 heavy (non-hydrogen) atoms. The Morgan fingerprint density at radius 1 is 1.03 bits per heavy atom. The number of carbonyl (C=O) groups excluding carboxylic acids is 2. The van der Waals surface area contributed by atoms with Crippen LogP contribution < -0.4 is 0 Å². The number of aliphatic hydroxyl groups excluding tert-OH is 1. The summed E-state index contributed by atoms with van der Waals surface area (Å²) >= 11 is 0. The number of benzene rings is 2. The van der Waals surface area contributed by atoms with Crippen molar-refractivity contribution in [2.45, 2.75) is 57.6 Å². The molecule has 2 atom stereocenters. The summed E-state index contributed by atoms with van der Waals surface area (Å²) in [4.78, 5) is 27.1. The Morgan fingerprint density at radius 3 is 2.34 bits per heavy atom. The number of carbonyl (C=O) groups is 2. The standard InChI is InChI=1S/C27H33NO4/c1-19-18-32-15-14-28(19)27(31)22-9-7-21(8-10-22)26(30)13-12-25(29)11-6-20-16-23-4-2-3-5-24(23)17-20/h2-5,7-10,19-20,25,29H,6,11-18H2,1H3/t19-,25+/m1/s1. The highest BCUT2D eigenvalue weighted by molar-refractivity contribution is 5.98. The summed E-state index contributed by atoms with van der Waals surface area (Å²) < 4.78 is 5.40. The SMILES string of the molecule is C[C@@H]1COCCN1C(=O)c1ccc(C(=O)CC[C@@H](O)CCC2Cc3ccccc3C2)cc1. The van der Waals surface area contributed by atoms with Crippen molar-refractivity contribution >= 4 is 11.7 Å². The molecule has 1 saturated heterocycles. The number of fused-ring (bicyclic) bond motifs is 1. The molecule has 1 N–H and O–H groups in total. The number of nitrogens with zero attached hydrogens (tertiary/aromatic N) is 1. The summed E-state index contributed by atoms with van der Waals surface area (Å²) in [6.45, 7) is 3.68. The molecule has 1 aliphatic carbocycles. The normalized spacial score (nSPS) is 19.6. The van der Waals surface area contributed by atoms with Crippen molar-refractivity contribution in [3.05, 3.63) is 70.8 Å². The maximum absolute atomic E-state index is 12.7. The Bertz CT molecular complexity index is 914. The van der Waals surface area contributed by atoms with E-state index in [1.54, 1.807) is 24.3 Å². The van der Waals surface area contributed by atoms with Gasteiger partial charge in [-0.1, -0.05) is 36.4 Å². The zero-order chi connectivity index (χ0) is 22.5. The second kappa shape index (κ2) is 10.4. The molecule has 170 valence electrons. The lowest BCUT2D eigenvalue weighted by atomic mass is 9.95. The van der Waals surface area contributed by atoms with Gasteiger partial charge in [0.05, 0.1) is 25.4 Å². The number of Topliss-reactive ketones (excluding diaryl/α,β-unsaturated/α-hetero) is 1.